The van der Waals surface area contributed by atoms with Gasteiger partial charge >= 0.3 is 5.97 Å². The number of ether oxygens (including phenoxy) is 2. The first-order valence-electron chi connectivity index (χ1n) is 9.30. The Morgan fingerprint density at radius 2 is 1.48 bits per heavy atom. The van der Waals surface area contributed by atoms with Crippen LogP contribution in [0.3, 0.4) is 0 Å². The molecule has 4 aromatic rings. The van der Waals surface area contributed by atoms with E-state index < -0.39 is 5.97 Å². The van der Waals surface area contributed by atoms with Gasteiger partial charge in [-0.1, -0.05) is 48.5 Å². The van der Waals surface area contributed by atoms with E-state index in [0.29, 0.717) is 5.90 Å². The van der Waals surface area contributed by atoms with Gasteiger partial charge in [-0.2, -0.15) is 0 Å². The van der Waals surface area contributed by atoms with Crippen molar-refractivity contribution in [1.29, 1.82) is 0 Å². The number of fused-ring (bicyclic) bond motifs is 2. The van der Waals surface area contributed by atoms with Gasteiger partial charge in [0.15, 0.2) is 5.70 Å². The zero-order valence-corrected chi connectivity index (χ0v) is 15.8. The van der Waals surface area contributed by atoms with Crippen molar-refractivity contribution in [2.24, 2.45) is 4.99 Å². The highest BCUT2D eigenvalue weighted by Crippen LogP contribution is 2.31. The summed E-state index contributed by atoms with van der Waals surface area (Å²) < 4.78 is 10.6. The Balaban J connectivity index is 1.66. The van der Waals surface area contributed by atoms with Gasteiger partial charge < -0.3 is 9.47 Å². The van der Waals surface area contributed by atoms with Crippen molar-refractivity contribution in [3.8, 4) is 5.75 Å². The van der Waals surface area contributed by atoms with Crippen molar-refractivity contribution in [2.45, 2.75) is 0 Å². The van der Waals surface area contributed by atoms with Crippen molar-refractivity contribution in [2.75, 3.05) is 7.11 Å². The molecule has 1 aliphatic heterocycles. The summed E-state index contributed by atoms with van der Waals surface area (Å²) >= 11 is 0. The number of esters is 1. The molecule has 0 spiro atoms. The SMILES string of the molecule is COc1ccc(C2=N/C(=C/c3c4ccccc4cc4ccccc34)C(=O)O2)cc1. The lowest BCUT2D eigenvalue weighted by Crippen LogP contribution is -2.05. The summed E-state index contributed by atoms with van der Waals surface area (Å²) in [5.74, 6) is 0.581. The lowest BCUT2D eigenvalue weighted by molar-refractivity contribution is -0.129. The van der Waals surface area contributed by atoms with E-state index in [0.717, 1.165) is 38.4 Å². The quantitative estimate of drug-likeness (QED) is 0.274. The molecule has 4 nitrogen and oxygen atoms in total. The highest BCUT2D eigenvalue weighted by Gasteiger charge is 2.24. The standard InChI is InChI=1S/C25H17NO3/c1-28-19-12-10-16(11-13-19)24-26-23(25(27)29-24)15-22-20-8-4-2-6-17(20)14-18-7-3-5-9-21(18)22/h2-15H,1H3/b23-15+. The summed E-state index contributed by atoms with van der Waals surface area (Å²) in [7, 11) is 1.61. The fraction of sp³-hybridized carbons (Fsp3) is 0.0400. The van der Waals surface area contributed by atoms with Gasteiger partial charge in [-0.15, -0.1) is 0 Å². The van der Waals surface area contributed by atoms with Crippen LogP contribution in [0.1, 0.15) is 11.1 Å². The first kappa shape index (κ1) is 17.2. The normalized spacial score (nSPS) is 15.0. The molecule has 0 unspecified atom stereocenters. The smallest absolute Gasteiger partial charge is 0.363 e. The molecule has 0 fully saturated rings. The van der Waals surface area contributed by atoms with E-state index in [1.54, 1.807) is 7.11 Å². The molecule has 1 heterocycles. The molecule has 140 valence electrons. The van der Waals surface area contributed by atoms with Crippen LogP contribution in [0.2, 0.25) is 0 Å². The molecule has 4 heteroatoms. The van der Waals surface area contributed by atoms with Crippen LogP contribution in [-0.2, 0) is 9.53 Å². The Morgan fingerprint density at radius 3 is 2.10 bits per heavy atom. The van der Waals surface area contributed by atoms with Gasteiger partial charge in [-0.25, -0.2) is 9.79 Å². The van der Waals surface area contributed by atoms with E-state index in [-0.39, 0.29) is 5.70 Å². The second kappa shape index (κ2) is 6.91. The highest BCUT2D eigenvalue weighted by atomic mass is 16.6. The number of nitrogens with zero attached hydrogens (tertiary/aromatic N) is 1. The van der Waals surface area contributed by atoms with Crippen molar-refractivity contribution in [3.05, 3.63) is 95.7 Å². The Kier molecular flexibility index (Phi) is 4.10. The van der Waals surface area contributed by atoms with Gasteiger partial charge in [0.05, 0.1) is 7.11 Å². The van der Waals surface area contributed by atoms with Crippen molar-refractivity contribution in [3.63, 3.8) is 0 Å². The van der Waals surface area contributed by atoms with Crippen molar-refractivity contribution < 1.29 is 14.3 Å². The number of hydrogen-bond acceptors (Lipinski definition) is 4. The number of methoxy groups -OCH3 is 1. The third kappa shape index (κ3) is 3.05. The number of hydrogen-bond donors (Lipinski definition) is 0. The molecule has 0 aromatic heterocycles. The van der Waals surface area contributed by atoms with Crippen LogP contribution < -0.4 is 4.74 Å². The maximum absolute atomic E-state index is 12.5. The number of benzene rings is 4. The largest absolute Gasteiger partial charge is 0.497 e. The number of cyclic esters (lactones) is 1. The van der Waals surface area contributed by atoms with E-state index >= 15 is 0 Å². The Morgan fingerprint density at radius 1 is 0.862 bits per heavy atom. The summed E-state index contributed by atoms with van der Waals surface area (Å²) in [6.07, 6.45) is 1.82. The highest BCUT2D eigenvalue weighted by molar-refractivity contribution is 6.15. The van der Waals surface area contributed by atoms with Gasteiger partial charge in [-0.3, -0.25) is 0 Å². The van der Waals surface area contributed by atoms with Gasteiger partial charge in [0.2, 0.25) is 5.90 Å². The topological polar surface area (TPSA) is 47.9 Å². The van der Waals surface area contributed by atoms with Crippen molar-refractivity contribution in [1.82, 2.24) is 0 Å². The predicted octanol–water partition coefficient (Wildman–Crippen LogP) is 5.35. The summed E-state index contributed by atoms with van der Waals surface area (Å²) in [6, 6.07) is 25.7. The fourth-order valence-electron chi connectivity index (χ4n) is 3.61. The van der Waals surface area contributed by atoms with Gasteiger partial charge in [0.25, 0.3) is 0 Å². The van der Waals surface area contributed by atoms with Gasteiger partial charge in [-0.05, 0) is 63.5 Å². The maximum atomic E-state index is 12.5. The maximum Gasteiger partial charge on any atom is 0.363 e. The van der Waals surface area contributed by atoms with E-state index in [2.05, 4.69) is 35.3 Å². The molecule has 0 saturated heterocycles. The molecular weight excluding hydrogens is 362 g/mol. The first-order valence-corrected chi connectivity index (χ1v) is 9.30. The third-order valence-corrected chi connectivity index (χ3v) is 5.05. The number of aliphatic imine (C=N–C) groups is 1. The van der Waals surface area contributed by atoms with Crippen LogP contribution in [0.25, 0.3) is 27.6 Å². The molecule has 0 radical (unpaired) electrons. The number of carbonyl (C=O) groups excluding carboxylic acids is 1. The lowest BCUT2D eigenvalue weighted by Gasteiger charge is -2.08. The minimum atomic E-state index is -0.451. The molecule has 0 atom stereocenters. The summed E-state index contributed by atoms with van der Waals surface area (Å²) in [5.41, 5.74) is 1.98. The minimum Gasteiger partial charge on any atom is -0.497 e. The molecule has 0 saturated carbocycles. The Bertz CT molecular complexity index is 1260. The molecule has 5 rings (SSSR count). The zero-order valence-electron chi connectivity index (χ0n) is 15.8. The van der Waals surface area contributed by atoms with Crippen LogP contribution in [0, 0.1) is 0 Å². The molecule has 1 aliphatic rings. The van der Waals surface area contributed by atoms with Crippen molar-refractivity contribution >= 4 is 39.5 Å². The average Bonchev–Trinajstić information content (AvgIpc) is 3.14. The molecule has 0 amide bonds. The summed E-state index contributed by atoms with van der Waals surface area (Å²) in [6.45, 7) is 0. The molecule has 0 N–H and O–H groups in total. The second-order valence-electron chi connectivity index (χ2n) is 6.80. The third-order valence-electron chi connectivity index (χ3n) is 5.05. The molecular formula is C25H17NO3. The zero-order chi connectivity index (χ0) is 19.8. The van der Waals surface area contributed by atoms with Crippen LogP contribution in [0.4, 0.5) is 0 Å². The molecule has 29 heavy (non-hydrogen) atoms. The van der Waals surface area contributed by atoms with Crippen LogP contribution >= 0.6 is 0 Å². The van der Waals surface area contributed by atoms with Crippen LogP contribution in [-0.4, -0.2) is 19.0 Å². The van der Waals surface area contributed by atoms with E-state index in [1.807, 2.05) is 54.6 Å². The number of carbonyl (C=O) groups is 1. The molecule has 0 bridgehead atoms. The van der Waals surface area contributed by atoms with Crippen LogP contribution in [0.5, 0.6) is 5.75 Å². The fourth-order valence-corrected chi connectivity index (χ4v) is 3.61. The average molecular weight is 379 g/mol. The Labute approximate surface area is 167 Å². The second-order valence-corrected chi connectivity index (χ2v) is 6.80. The minimum absolute atomic E-state index is 0.289. The van der Waals surface area contributed by atoms with Gasteiger partial charge in [0.1, 0.15) is 5.75 Å². The summed E-state index contributed by atoms with van der Waals surface area (Å²) in [5, 5.41) is 4.37. The van der Waals surface area contributed by atoms with E-state index in [4.69, 9.17) is 9.47 Å². The molecule has 0 aliphatic carbocycles. The van der Waals surface area contributed by atoms with Crippen LogP contribution in [0.15, 0.2) is 89.6 Å². The number of rotatable bonds is 3. The predicted molar refractivity (Wildman–Crippen MR) is 115 cm³/mol. The molecule has 4 aromatic carbocycles. The van der Waals surface area contributed by atoms with E-state index in [9.17, 15) is 4.79 Å². The van der Waals surface area contributed by atoms with E-state index in [1.165, 1.54) is 0 Å². The lowest BCUT2D eigenvalue weighted by atomic mass is 9.96. The summed E-state index contributed by atoms with van der Waals surface area (Å²) in [4.78, 5) is 17.0. The first-order chi connectivity index (χ1) is 14.2. The monoisotopic (exact) mass is 379 g/mol. The Hall–Kier alpha value is -3.92. The van der Waals surface area contributed by atoms with Gasteiger partial charge in [0, 0.05) is 5.56 Å².